The molecule has 276 valence electrons. The van der Waals surface area contributed by atoms with Crippen molar-refractivity contribution in [2.24, 2.45) is 0 Å². The highest BCUT2D eigenvalue weighted by atomic mass is 127. The highest BCUT2D eigenvalue weighted by molar-refractivity contribution is 14.1. The highest BCUT2D eigenvalue weighted by Crippen LogP contribution is 2.30. The number of ether oxygens (including phenoxy) is 6. The maximum absolute atomic E-state index is 6.35. The highest BCUT2D eigenvalue weighted by Gasteiger charge is 2.10. The molecule has 0 saturated heterocycles. The lowest BCUT2D eigenvalue weighted by atomic mass is 10.2. The maximum atomic E-state index is 6.35. The van der Waals surface area contributed by atoms with E-state index in [1.807, 2.05) is 176 Å². The first-order valence-corrected chi connectivity index (χ1v) is 19.2. The summed E-state index contributed by atoms with van der Waals surface area (Å²) >= 11 is 2.29. The summed E-state index contributed by atoms with van der Waals surface area (Å²) in [7, 11) is 0. The number of hydrogen-bond acceptors (Lipinski definition) is 6. The van der Waals surface area contributed by atoms with Crippen LogP contribution in [0.15, 0.2) is 176 Å². The van der Waals surface area contributed by atoms with E-state index in [0.29, 0.717) is 74.1 Å². The van der Waals surface area contributed by atoms with Gasteiger partial charge in [-0.05, 0) is 92.4 Å². The van der Waals surface area contributed by atoms with Gasteiger partial charge < -0.3 is 28.4 Å². The van der Waals surface area contributed by atoms with E-state index >= 15 is 0 Å². The van der Waals surface area contributed by atoms with Crippen molar-refractivity contribution in [1.82, 2.24) is 0 Å². The van der Waals surface area contributed by atoms with E-state index in [2.05, 4.69) is 22.6 Å². The van der Waals surface area contributed by atoms with Crippen molar-refractivity contribution in [3.05, 3.63) is 213 Å². The van der Waals surface area contributed by atoms with E-state index in [9.17, 15) is 0 Å². The van der Waals surface area contributed by atoms with Crippen molar-refractivity contribution in [1.29, 1.82) is 0 Å². The van der Waals surface area contributed by atoms with Gasteiger partial charge in [-0.1, -0.05) is 121 Å². The Morgan fingerprint density at radius 1 is 0.255 bits per heavy atom. The Hall–Kier alpha value is -5.93. The van der Waals surface area contributed by atoms with Crippen LogP contribution in [0.1, 0.15) is 33.4 Å². The summed E-state index contributed by atoms with van der Waals surface area (Å²) in [6, 6.07) is 58.1. The molecule has 0 radical (unpaired) electrons. The first-order chi connectivity index (χ1) is 27.1. The second kappa shape index (κ2) is 19.4. The Labute approximate surface area is 336 Å². The third-order valence-electron chi connectivity index (χ3n) is 8.53. The number of hydrogen-bond donors (Lipinski definition) is 0. The van der Waals surface area contributed by atoms with Gasteiger partial charge in [-0.2, -0.15) is 0 Å². The molecule has 0 fully saturated rings. The molecule has 0 aromatic heterocycles. The fourth-order valence-electron chi connectivity index (χ4n) is 5.76. The molecule has 0 atom stereocenters. The van der Waals surface area contributed by atoms with Gasteiger partial charge in [0.1, 0.15) is 74.1 Å². The number of rotatable bonds is 18. The predicted octanol–water partition coefficient (Wildman–Crippen LogP) is 11.8. The first kappa shape index (κ1) is 37.4. The summed E-state index contributed by atoms with van der Waals surface area (Å²) in [4.78, 5) is 0. The minimum Gasteiger partial charge on any atom is -0.489 e. The molecule has 0 saturated carbocycles. The quantitative estimate of drug-likeness (QED) is 0.0803. The number of halogens is 1. The molecule has 0 aliphatic heterocycles. The van der Waals surface area contributed by atoms with E-state index < -0.39 is 0 Å². The van der Waals surface area contributed by atoms with Crippen LogP contribution < -0.4 is 28.4 Å². The molecule has 0 spiro atoms. The second-order valence-electron chi connectivity index (χ2n) is 12.9. The molecule has 0 unspecified atom stereocenters. The van der Waals surface area contributed by atoms with Crippen LogP contribution in [0.2, 0.25) is 0 Å². The van der Waals surface area contributed by atoms with Gasteiger partial charge in [0, 0.05) is 21.8 Å². The average molecular weight is 841 g/mol. The van der Waals surface area contributed by atoms with Crippen molar-refractivity contribution >= 4 is 22.6 Å². The Balaban J connectivity index is 1.03. The molecule has 7 rings (SSSR count). The third-order valence-corrected chi connectivity index (χ3v) is 9.15. The lowest BCUT2D eigenvalue weighted by Crippen LogP contribution is -2.02. The van der Waals surface area contributed by atoms with Crippen LogP contribution >= 0.6 is 22.6 Å². The van der Waals surface area contributed by atoms with Gasteiger partial charge in [0.25, 0.3) is 0 Å². The molecule has 7 aromatic rings. The Morgan fingerprint density at radius 2 is 0.473 bits per heavy atom. The van der Waals surface area contributed by atoms with E-state index in [0.717, 1.165) is 37.0 Å². The molecule has 55 heavy (non-hydrogen) atoms. The van der Waals surface area contributed by atoms with E-state index in [4.69, 9.17) is 28.4 Å². The SMILES string of the molecule is Ic1cc(OCc2cc(OCc3ccccc3)cc(OCc3ccccc3)c2)cc(OCc2cc(OCc3ccccc3)cc(OCc3ccccc3)c2)c1. The fourth-order valence-corrected chi connectivity index (χ4v) is 6.38. The molecule has 6 nitrogen and oxygen atoms in total. The van der Waals surface area contributed by atoms with E-state index in [1.165, 1.54) is 0 Å². The molecule has 0 aliphatic rings. The molecule has 0 amide bonds. The van der Waals surface area contributed by atoms with Crippen molar-refractivity contribution in [3.8, 4) is 34.5 Å². The maximum Gasteiger partial charge on any atom is 0.124 e. The summed E-state index contributed by atoms with van der Waals surface area (Å²) in [6.45, 7) is 2.42. The third kappa shape index (κ3) is 12.0. The average Bonchev–Trinajstić information content (AvgIpc) is 3.23. The lowest BCUT2D eigenvalue weighted by molar-refractivity contribution is 0.276. The van der Waals surface area contributed by atoms with Gasteiger partial charge in [0.05, 0.1) is 0 Å². The van der Waals surface area contributed by atoms with Gasteiger partial charge in [-0.15, -0.1) is 0 Å². The topological polar surface area (TPSA) is 55.4 Å². The van der Waals surface area contributed by atoms with Crippen LogP contribution in [0.4, 0.5) is 0 Å². The van der Waals surface area contributed by atoms with Gasteiger partial charge >= 0.3 is 0 Å². The Bertz CT molecular complexity index is 1950. The van der Waals surface area contributed by atoms with Crippen LogP contribution in [-0.2, 0) is 39.6 Å². The summed E-state index contributed by atoms with van der Waals surface area (Å²) in [5.74, 6) is 4.22. The zero-order chi connectivity index (χ0) is 37.5. The van der Waals surface area contributed by atoms with Crippen LogP contribution in [-0.4, -0.2) is 0 Å². The lowest BCUT2D eigenvalue weighted by Gasteiger charge is -2.15. The van der Waals surface area contributed by atoms with E-state index in [1.54, 1.807) is 0 Å². The molecule has 7 aromatic carbocycles. The summed E-state index contributed by atoms with van der Waals surface area (Å²) in [5, 5.41) is 0. The van der Waals surface area contributed by atoms with Gasteiger partial charge in [-0.3, -0.25) is 0 Å². The van der Waals surface area contributed by atoms with Gasteiger partial charge in [-0.25, -0.2) is 0 Å². The molecule has 0 N–H and O–H groups in total. The van der Waals surface area contributed by atoms with Gasteiger partial charge in [0.15, 0.2) is 0 Å². The van der Waals surface area contributed by atoms with Crippen LogP contribution in [0, 0.1) is 3.57 Å². The smallest absolute Gasteiger partial charge is 0.124 e. The standard InChI is InChI=1S/C48H41IO6/c49-42-25-47(54-34-40-21-43(50-30-36-13-5-1-6-14-36)27-44(22-40)51-31-37-15-7-2-8-16-37)29-48(26-42)55-35-41-23-45(52-32-38-17-9-3-10-18-38)28-46(24-41)53-33-39-19-11-4-12-20-39/h1-29H,30-35H2. The minimum atomic E-state index is 0.312. The Kier molecular flexibility index (Phi) is 13.2. The normalized spacial score (nSPS) is 10.7. The van der Waals surface area contributed by atoms with Crippen LogP contribution in [0.25, 0.3) is 0 Å². The number of benzene rings is 7. The zero-order valence-electron chi connectivity index (χ0n) is 30.3. The fraction of sp³-hybridized carbons (Fsp3) is 0.125. The van der Waals surface area contributed by atoms with Gasteiger partial charge in [0.2, 0.25) is 0 Å². The minimum absolute atomic E-state index is 0.312. The summed E-state index contributed by atoms with van der Waals surface area (Å²) < 4.78 is 38.5. The predicted molar refractivity (Wildman–Crippen MR) is 224 cm³/mol. The molecule has 7 heteroatoms. The zero-order valence-corrected chi connectivity index (χ0v) is 32.5. The molecule has 0 bridgehead atoms. The summed E-state index contributed by atoms with van der Waals surface area (Å²) in [5.41, 5.74) is 6.19. The monoisotopic (exact) mass is 840 g/mol. The molecule has 0 aliphatic carbocycles. The van der Waals surface area contributed by atoms with Crippen molar-refractivity contribution in [2.45, 2.75) is 39.6 Å². The van der Waals surface area contributed by atoms with E-state index in [-0.39, 0.29) is 0 Å². The first-order valence-electron chi connectivity index (χ1n) is 18.1. The Morgan fingerprint density at radius 3 is 0.727 bits per heavy atom. The largest absolute Gasteiger partial charge is 0.489 e. The second-order valence-corrected chi connectivity index (χ2v) is 14.2. The van der Waals surface area contributed by atoms with Crippen molar-refractivity contribution < 1.29 is 28.4 Å². The molecule has 0 heterocycles. The van der Waals surface area contributed by atoms with Crippen molar-refractivity contribution in [2.75, 3.05) is 0 Å². The molecular formula is C48H41IO6. The molecular weight excluding hydrogens is 799 g/mol. The van der Waals surface area contributed by atoms with Crippen LogP contribution in [0.3, 0.4) is 0 Å². The van der Waals surface area contributed by atoms with Crippen molar-refractivity contribution in [3.63, 3.8) is 0 Å². The summed E-state index contributed by atoms with van der Waals surface area (Å²) in [6.07, 6.45) is 0. The van der Waals surface area contributed by atoms with Crippen LogP contribution in [0.5, 0.6) is 34.5 Å².